The fraction of sp³-hybridized carbons (Fsp3) is 0.357. The summed E-state index contributed by atoms with van der Waals surface area (Å²) in [5.41, 5.74) is 0.284. The molecule has 4 heteroatoms. The summed E-state index contributed by atoms with van der Waals surface area (Å²) in [6.07, 6.45) is -3.44. The van der Waals surface area contributed by atoms with E-state index in [2.05, 4.69) is 4.98 Å². The van der Waals surface area contributed by atoms with E-state index in [-0.39, 0.29) is 17.5 Å². The first-order valence-corrected chi connectivity index (χ1v) is 5.96. The van der Waals surface area contributed by atoms with Crippen LogP contribution in [0.15, 0.2) is 24.3 Å². The molecule has 1 heterocycles. The normalized spacial score (nSPS) is 12.1. The number of rotatable bonds is 2. The van der Waals surface area contributed by atoms with E-state index in [4.69, 9.17) is 0 Å². The Morgan fingerprint density at radius 1 is 0.944 bits per heavy atom. The van der Waals surface area contributed by atoms with Gasteiger partial charge in [-0.2, -0.15) is 13.2 Å². The Labute approximate surface area is 104 Å². The summed E-state index contributed by atoms with van der Waals surface area (Å²) in [6.45, 7) is 3.60. The monoisotopic (exact) mass is 253 g/mol. The van der Waals surface area contributed by atoms with Crippen molar-refractivity contribution in [1.29, 1.82) is 0 Å². The van der Waals surface area contributed by atoms with Crippen molar-refractivity contribution >= 4 is 10.8 Å². The Balaban J connectivity index is 2.90. The molecule has 0 fully saturated rings. The number of aryl methyl sites for hydroxylation is 2. The SMILES string of the molecule is CCc1nc(CC)c2ccccc2c1C(F)(F)F. The lowest BCUT2D eigenvalue weighted by Crippen LogP contribution is -2.13. The molecular formula is C14H14F3N. The molecule has 0 bridgehead atoms. The first-order chi connectivity index (χ1) is 8.49. The fourth-order valence-corrected chi connectivity index (χ4v) is 2.23. The molecule has 0 aliphatic carbocycles. The molecule has 0 aliphatic rings. The van der Waals surface area contributed by atoms with E-state index in [1.165, 1.54) is 6.07 Å². The summed E-state index contributed by atoms with van der Waals surface area (Å²) >= 11 is 0. The number of nitrogens with zero attached hydrogens (tertiary/aromatic N) is 1. The fourth-order valence-electron chi connectivity index (χ4n) is 2.23. The zero-order valence-electron chi connectivity index (χ0n) is 10.3. The Bertz CT molecular complexity index is 573. The topological polar surface area (TPSA) is 12.9 Å². The highest BCUT2D eigenvalue weighted by atomic mass is 19.4. The third-order valence-electron chi connectivity index (χ3n) is 3.02. The Hall–Kier alpha value is -1.58. The number of aromatic nitrogens is 1. The van der Waals surface area contributed by atoms with Crippen molar-refractivity contribution in [2.75, 3.05) is 0 Å². The number of benzene rings is 1. The summed E-state index contributed by atoms with van der Waals surface area (Å²) < 4.78 is 39.5. The van der Waals surface area contributed by atoms with E-state index in [0.717, 1.165) is 5.69 Å². The molecule has 0 spiro atoms. The second-order valence-corrected chi connectivity index (χ2v) is 4.13. The molecule has 0 saturated carbocycles. The number of pyridine rings is 1. The lowest BCUT2D eigenvalue weighted by molar-refractivity contribution is -0.137. The zero-order valence-corrected chi connectivity index (χ0v) is 10.3. The minimum atomic E-state index is -4.36. The molecule has 0 amide bonds. The second kappa shape index (κ2) is 4.59. The molecule has 2 aromatic rings. The minimum Gasteiger partial charge on any atom is -0.257 e. The van der Waals surface area contributed by atoms with Gasteiger partial charge in [0.15, 0.2) is 0 Å². The standard InChI is InChI=1S/C14H14F3N/c1-3-11-9-7-5-6-8-10(9)13(14(15,16)17)12(4-2)18-11/h5-8H,3-4H2,1-2H3. The van der Waals surface area contributed by atoms with Gasteiger partial charge >= 0.3 is 6.18 Å². The van der Waals surface area contributed by atoms with Gasteiger partial charge in [0, 0.05) is 11.1 Å². The zero-order chi connectivity index (χ0) is 13.3. The van der Waals surface area contributed by atoms with Crippen molar-refractivity contribution in [3.05, 3.63) is 41.2 Å². The maximum atomic E-state index is 13.2. The molecule has 1 aromatic heterocycles. The second-order valence-electron chi connectivity index (χ2n) is 4.13. The number of fused-ring (bicyclic) bond motifs is 1. The van der Waals surface area contributed by atoms with Crippen LogP contribution >= 0.6 is 0 Å². The summed E-state index contributed by atoms with van der Waals surface area (Å²) in [7, 11) is 0. The van der Waals surface area contributed by atoms with Gasteiger partial charge in [-0.05, 0) is 18.2 Å². The molecule has 2 rings (SSSR count). The minimum absolute atomic E-state index is 0.137. The van der Waals surface area contributed by atoms with Crippen LogP contribution in [0, 0.1) is 0 Å². The number of halogens is 3. The summed E-state index contributed by atoms with van der Waals surface area (Å²) in [6, 6.07) is 6.61. The van der Waals surface area contributed by atoms with Crippen LogP contribution in [0.25, 0.3) is 10.8 Å². The molecule has 1 nitrogen and oxygen atoms in total. The van der Waals surface area contributed by atoms with Gasteiger partial charge in [-0.25, -0.2) is 0 Å². The van der Waals surface area contributed by atoms with Gasteiger partial charge in [-0.15, -0.1) is 0 Å². The lowest BCUT2D eigenvalue weighted by atomic mass is 9.99. The maximum Gasteiger partial charge on any atom is 0.418 e. The van der Waals surface area contributed by atoms with E-state index in [1.807, 2.05) is 6.92 Å². The lowest BCUT2D eigenvalue weighted by Gasteiger charge is -2.16. The van der Waals surface area contributed by atoms with Crippen LogP contribution in [0.4, 0.5) is 13.2 Å². The van der Waals surface area contributed by atoms with Gasteiger partial charge < -0.3 is 0 Å². The van der Waals surface area contributed by atoms with E-state index in [0.29, 0.717) is 11.8 Å². The molecule has 0 aliphatic heterocycles. The summed E-state index contributed by atoms with van der Waals surface area (Å²) in [5.74, 6) is 0. The van der Waals surface area contributed by atoms with Crippen LogP contribution < -0.4 is 0 Å². The Morgan fingerprint density at radius 3 is 2.00 bits per heavy atom. The predicted octanol–water partition coefficient (Wildman–Crippen LogP) is 4.38. The molecular weight excluding hydrogens is 239 g/mol. The molecule has 96 valence electrons. The summed E-state index contributed by atoms with van der Waals surface area (Å²) in [5, 5.41) is 0.859. The first kappa shape index (κ1) is 12.9. The summed E-state index contributed by atoms with van der Waals surface area (Å²) in [4.78, 5) is 4.18. The highest BCUT2D eigenvalue weighted by Crippen LogP contribution is 2.37. The molecule has 0 saturated heterocycles. The average Bonchev–Trinajstić information content (AvgIpc) is 2.35. The van der Waals surface area contributed by atoms with Gasteiger partial charge in [-0.3, -0.25) is 4.98 Å². The molecule has 0 N–H and O–H groups in total. The Kier molecular flexibility index (Phi) is 3.28. The predicted molar refractivity (Wildman–Crippen MR) is 65.5 cm³/mol. The third-order valence-corrected chi connectivity index (χ3v) is 3.02. The smallest absolute Gasteiger partial charge is 0.257 e. The number of alkyl halides is 3. The first-order valence-electron chi connectivity index (χ1n) is 5.96. The van der Waals surface area contributed by atoms with Crippen LogP contribution in [-0.2, 0) is 19.0 Å². The van der Waals surface area contributed by atoms with Gasteiger partial charge in [0.2, 0.25) is 0 Å². The van der Waals surface area contributed by atoms with E-state index in [9.17, 15) is 13.2 Å². The van der Waals surface area contributed by atoms with Gasteiger partial charge in [0.1, 0.15) is 0 Å². The van der Waals surface area contributed by atoms with Crippen molar-refractivity contribution in [2.45, 2.75) is 32.9 Å². The third kappa shape index (κ3) is 2.07. The van der Waals surface area contributed by atoms with Gasteiger partial charge in [-0.1, -0.05) is 38.1 Å². The van der Waals surface area contributed by atoms with Crippen LogP contribution in [0.5, 0.6) is 0 Å². The van der Waals surface area contributed by atoms with E-state index in [1.54, 1.807) is 25.1 Å². The average molecular weight is 253 g/mol. The van der Waals surface area contributed by atoms with Crippen LogP contribution in [0.3, 0.4) is 0 Å². The van der Waals surface area contributed by atoms with Crippen molar-refractivity contribution in [2.24, 2.45) is 0 Å². The van der Waals surface area contributed by atoms with Gasteiger partial charge in [0.25, 0.3) is 0 Å². The van der Waals surface area contributed by atoms with Crippen molar-refractivity contribution in [3.8, 4) is 0 Å². The Morgan fingerprint density at radius 2 is 1.50 bits per heavy atom. The molecule has 18 heavy (non-hydrogen) atoms. The van der Waals surface area contributed by atoms with E-state index < -0.39 is 11.7 Å². The molecule has 0 radical (unpaired) electrons. The number of hydrogen-bond donors (Lipinski definition) is 0. The van der Waals surface area contributed by atoms with Gasteiger partial charge in [0.05, 0.1) is 11.3 Å². The quantitative estimate of drug-likeness (QED) is 0.774. The largest absolute Gasteiger partial charge is 0.418 e. The maximum absolute atomic E-state index is 13.2. The molecule has 1 aromatic carbocycles. The molecule has 0 unspecified atom stereocenters. The van der Waals surface area contributed by atoms with Crippen LogP contribution in [-0.4, -0.2) is 4.98 Å². The highest BCUT2D eigenvalue weighted by Gasteiger charge is 2.36. The van der Waals surface area contributed by atoms with E-state index >= 15 is 0 Å². The van der Waals surface area contributed by atoms with Crippen LogP contribution in [0.1, 0.15) is 30.8 Å². The van der Waals surface area contributed by atoms with Crippen molar-refractivity contribution < 1.29 is 13.2 Å². The van der Waals surface area contributed by atoms with Crippen molar-refractivity contribution in [3.63, 3.8) is 0 Å². The van der Waals surface area contributed by atoms with Crippen LogP contribution in [0.2, 0.25) is 0 Å². The number of hydrogen-bond acceptors (Lipinski definition) is 1. The van der Waals surface area contributed by atoms with Crippen molar-refractivity contribution in [1.82, 2.24) is 4.98 Å². The highest BCUT2D eigenvalue weighted by molar-refractivity contribution is 5.88. The molecule has 0 atom stereocenters.